The summed E-state index contributed by atoms with van der Waals surface area (Å²) in [5, 5.41) is 3.04. The lowest BCUT2D eigenvalue weighted by atomic mass is 9.92. The van der Waals surface area contributed by atoms with Crippen molar-refractivity contribution in [2.45, 2.75) is 58.4 Å². The summed E-state index contributed by atoms with van der Waals surface area (Å²) in [5.41, 5.74) is 3.41. The lowest BCUT2D eigenvalue weighted by molar-refractivity contribution is -0.132. The molecular weight excluding hydrogens is 374 g/mol. The van der Waals surface area contributed by atoms with Gasteiger partial charge in [0.05, 0.1) is 0 Å². The fraction of sp³-hybridized carbons (Fsp3) is 0.480. The Morgan fingerprint density at radius 3 is 2.50 bits per heavy atom. The summed E-state index contributed by atoms with van der Waals surface area (Å²) in [5.74, 6) is 0.746. The zero-order valence-corrected chi connectivity index (χ0v) is 18.1. The van der Waals surface area contributed by atoms with Crippen LogP contribution in [-0.4, -0.2) is 40.8 Å². The normalized spacial score (nSPS) is 15.6. The molecule has 1 N–H and O–H groups in total. The van der Waals surface area contributed by atoms with E-state index < -0.39 is 0 Å². The number of nitrogens with zero attached hydrogens (tertiary/aromatic N) is 2. The smallest absolute Gasteiger partial charge is 0.222 e. The lowest BCUT2D eigenvalue weighted by Gasteiger charge is -2.32. The van der Waals surface area contributed by atoms with E-state index in [4.69, 9.17) is 0 Å². The van der Waals surface area contributed by atoms with Crippen LogP contribution in [0.3, 0.4) is 0 Å². The van der Waals surface area contributed by atoms with Crippen LogP contribution in [0, 0.1) is 5.92 Å². The van der Waals surface area contributed by atoms with Crippen molar-refractivity contribution in [1.29, 1.82) is 0 Å². The fourth-order valence-electron chi connectivity index (χ4n) is 3.89. The second kappa shape index (κ2) is 10.9. The molecule has 160 valence electrons. The molecule has 1 fully saturated rings. The fourth-order valence-corrected chi connectivity index (χ4v) is 3.89. The first-order chi connectivity index (χ1) is 14.5. The number of hydrogen-bond donors (Lipinski definition) is 1. The quantitative estimate of drug-likeness (QED) is 0.712. The minimum Gasteiger partial charge on any atom is -0.354 e. The molecule has 2 amide bonds. The highest BCUT2D eigenvalue weighted by Crippen LogP contribution is 2.22. The predicted octanol–water partition coefficient (Wildman–Crippen LogP) is 4.22. The van der Waals surface area contributed by atoms with Crippen LogP contribution in [0.25, 0.3) is 11.1 Å². The number of piperidine rings is 1. The Balaban J connectivity index is 1.40. The summed E-state index contributed by atoms with van der Waals surface area (Å²) < 4.78 is 0. The maximum Gasteiger partial charge on any atom is 0.222 e. The largest absolute Gasteiger partial charge is 0.354 e. The summed E-state index contributed by atoms with van der Waals surface area (Å²) in [4.78, 5) is 30.8. The highest BCUT2D eigenvalue weighted by atomic mass is 16.2. The molecule has 0 unspecified atom stereocenters. The molecule has 5 nitrogen and oxygen atoms in total. The number of rotatable bonds is 8. The van der Waals surface area contributed by atoms with Gasteiger partial charge >= 0.3 is 0 Å². The summed E-state index contributed by atoms with van der Waals surface area (Å²) in [6, 6.07) is 12.6. The van der Waals surface area contributed by atoms with Crippen molar-refractivity contribution >= 4 is 11.8 Å². The highest BCUT2D eigenvalue weighted by Gasteiger charge is 2.24. The average Bonchev–Trinajstić information content (AvgIpc) is 2.78. The molecule has 1 aromatic carbocycles. The minimum absolute atomic E-state index is 0.142. The Morgan fingerprint density at radius 1 is 1.13 bits per heavy atom. The first kappa shape index (κ1) is 22.0. The van der Waals surface area contributed by atoms with E-state index in [2.05, 4.69) is 41.5 Å². The third-order valence-electron chi connectivity index (χ3n) is 6.04. The van der Waals surface area contributed by atoms with Crippen LogP contribution in [0.15, 0.2) is 48.8 Å². The van der Waals surface area contributed by atoms with Gasteiger partial charge in [-0.2, -0.15) is 0 Å². The number of amides is 2. The molecular formula is C25H33N3O2. The van der Waals surface area contributed by atoms with Crippen LogP contribution in [0.1, 0.15) is 51.5 Å². The van der Waals surface area contributed by atoms with E-state index >= 15 is 0 Å². The van der Waals surface area contributed by atoms with E-state index in [1.54, 1.807) is 6.20 Å². The molecule has 0 aliphatic carbocycles. The third kappa shape index (κ3) is 6.41. The van der Waals surface area contributed by atoms with Crippen LogP contribution in [-0.2, 0) is 16.0 Å². The van der Waals surface area contributed by atoms with Crippen molar-refractivity contribution in [3.8, 4) is 11.1 Å². The van der Waals surface area contributed by atoms with Gasteiger partial charge in [0.15, 0.2) is 0 Å². The summed E-state index contributed by atoms with van der Waals surface area (Å²) in [7, 11) is 0. The van der Waals surface area contributed by atoms with Crippen molar-refractivity contribution in [3.05, 3.63) is 54.4 Å². The van der Waals surface area contributed by atoms with E-state index in [0.717, 1.165) is 49.9 Å². The van der Waals surface area contributed by atoms with Crippen molar-refractivity contribution in [3.63, 3.8) is 0 Å². The number of carbonyl (C=O) groups is 2. The maximum absolute atomic E-state index is 12.6. The number of aryl methyl sites for hydroxylation is 1. The monoisotopic (exact) mass is 407 g/mol. The van der Waals surface area contributed by atoms with Crippen molar-refractivity contribution in [1.82, 2.24) is 15.2 Å². The predicted molar refractivity (Wildman–Crippen MR) is 120 cm³/mol. The first-order valence-electron chi connectivity index (χ1n) is 11.1. The van der Waals surface area contributed by atoms with Gasteiger partial charge in [0.1, 0.15) is 0 Å². The summed E-state index contributed by atoms with van der Waals surface area (Å²) in [6.07, 6.45) is 8.28. The topological polar surface area (TPSA) is 62.3 Å². The van der Waals surface area contributed by atoms with Crippen LogP contribution < -0.4 is 5.32 Å². The van der Waals surface area contributed by atoms with Crippen LogP contribution >= 0.6 is 0 Å². The Bertz CT molecular complexity index is 812. The van der Waals surface area contributed by atoms with E-state index in [-0.39, 0.29) is 17.9 Å². The van der Waals surface area contributed by atoms with E-state index in [9.17, 15) is 9.59 Å². The molecule has 3 rings (SSSR count). The second-order valence-electron chi connectivity index (χ2n) is 8.34. The number of likely N-dealkylation sites (tertiary alicyclic amines) is 1. The Kier molecular flexibility index (Phi) is 8.00. The second-order valence-corrected chi connectivity index (χ2v) is 8.34. The van der Waals surface area contributed by atoms with E-state index in [0.29, 0.717) is 18.8 Å². The summed E-state index contributed by atoms with van der Waals surface area (Å²) >= 11 is 0. The standard InChI is InChI=1S/C25H33N3O2/c1-3-19(2)27-24(29)17-21-12-15-28(16-13-21)25(30)11-8-20-6-9-22(10-7-20)23-5-4-14-26-18-23/h4-7,9-10,14,18-19,21H,3,8,11-13,15-17H2,1-2H3,(H,27,29)/t19-/m1/s1. The lowest BCUT2D eigenvalue weighted by Crippen LogP contribution is -2.40. The van der Waals surface area contributed by atoms with Gasteiger partial charge in [0.2, 0.25) is 11.8 Å². The van der Waals surface area contributed by atoms with Gasteiger partial charge in [-0.05, 0) is 61.3 Å². The maximum atomic E-state index is 12.6. The van der Waals surface area contributed by atoms with E-state index in [1.807, 2.05) is 30.2 Å². The SMILES string of the molecule is CC[C@@H](C)NC(=O)CC1CCN(C(=O)CCc2ccc(-c3cccnc3)cc2)CC1. The Labute approximate surface area is 179 Å². The molecule has 0 spiro atoms. The molecule has 1 saturated heterocycles. The molecule has 0 radical (unpaired) electrons. The first-order valence-corrected chi connectivity index (χ1v) is 11.1. The molecule has 1 aliphatic rings. The van der Waals surface area contributed by atoms with Gasteiger partial charge in [0.25, 0.3) is 0 Å². The van der Waals surface area contributed by atoms with Crippen molar-refractivity contribution < 1.29 is 9.59 Å². The Morgan fingerprint density at radius 2 is 1.87 bits per heavy atom. The van der Waals surface area contributed by atoms with Crippen LogP contribution in [0.2, 0.25) is 0 Å². The third-order valence-corrected chi connectivity index (χ3v) is 6.04. The molecule has 2 aromatic rings. The number of aromatic nitrogens is 1. The van der Waals surface area contributed by atoms with Crippen molar-refractivity contribution in [2.24, 2.45) is 5.92 Å². The van der Waals surface area contributed by atoms with Gasteiger partial charge in [-0.15, -0.1) is 0 Å². The molecule has 5 heteroatoms. The average molecular weight is 408 g/mol. The van der Waals surface area contributed by atoms with Crippen molar-refractivity contribution in [2.75, 3.05) is 13.1 Å². The summed E-state index contributed by atoms with van der Waals surface area (Å²) in [6.45, 7) is 5.63. The number of carbonyl (C=O) groups excluding carboxylic acids is 2. The molecule has 1 atom stereocenters. The van der Waals surface area contributed by atoms with E-state index in [1.165, 1.54) is 5.56 Å². The number of pyridine rings is 1. The van der Waals surface area contributed by atoms with Crippen LogP contribution in [0.5, 0.6) is 0 Å². The minimum atomic E-state index is 0.142. The van der Waals surface area contributed by atoms with Gasteiger partial charge in [-0.25, -0.2) is 0 Å². The van der Waals surface area contributed by atoms with Gasteiger partial charge in [-0.1, -0.05) is 37.3 Å². The molecule has 0 saturated carbocycles. The van der Waals surface area contributed by atoms with Gasteiger partial charge in [0, 0.05) is 44.4 Å². The zero-order chi connectivity index (χ0) is 21.3. The highest BCUT2D eigenvalue weighted by molar-refractivity contribution is 5.77. The van der Waals surface area contributed by atoms with Gasteiger partial charge < -0.3 is 10.2 Å². The number of benzene rings is 1. The molecule has 2 heterocycles. The molecule has 1 aliphatic heterocycles. The molecule has 30 heavy (non-hydrogen) atoms. The van der Waals surface area contributed by atoms with Gasteiger partial charge in [-0.3, -0.25) is 14.6 Å². The zero-order valence-electron chi connectivity index (χ0n) is 18.1. The molecule has 1 aromatic heterocycles. The number of hydrogen-bond acceptors (Lipinski definition) is 3. The Hall–Kier alpha value is -2.69. The van der Waals surface area contributed by atoms with Crippen LogP contribution in [0.4, 0.5) is 0 Å². The molecule has 0 bridgehead atoms. The number of nitrogens with one attached hydrogen (secondary N) is 1.